The van der Waals surface area contributed by atoms with Crippen molar-refractivity contribution in [3.05, 3.63) is 0 Å². The number of amides is 3. The Labute approximate surface area is 94.5 Å². The quantitative estimate of drug-likeness (QED) is 0.696. The second-order valence-corrected chi connectivity index (χ2v) is 4.14. The summed E-state index contributed by atoms with van der Waals surface area (Å²) in [5.41, 5.74) is -0.514. The van der Waals surface area contributed by atoms with Crippen LogP contribution in [0.1, 0.15) is 20.3 Å². The fourth-order valence-electron chi connectivity index (χ4n) is 1.01. The molecule has 0 bridgehead atoms. The summed E-state index contributed by atoms with van der Waals surface area (Å²) in [6, 6.07) is -0.535. The normalized spacial score (nSPS) is 10.9. The second kappa shape index (κ2) is 6.63. The van der Waals surface area contributed by atoms with Gasteiger partial charge in [0.1, 0.15) is 0 Å². The number of methoxy groups -OCH3 is 1. The molecule has 6 heteroatoms. The molecule has 15 heavy (non-hydrogen) atoms. The number of hydrogen-bond donors (Lipinski definition) is 2. The maximum absolute atomic E-state index is 11.3. The van der Waals surface area contributed by atoms with Gasteiger partial charge in [-0.1, -0.05) is 0 Å². The van der Waals surface area contributed by atoms with Crippen LogP contribution in [0.4, 0.5) is 4.79 Å². The van der Waals surface area contributed by atoms with Gasteiger partial charge in [-0.05, 0) is 13.8 Å². The summed E-state index contributed by atoms with van der Waals surface area (Å²) in [6.07, 6.45) is 0.125. The van der Waals surface area contributed by atoms with Gasteiger partial charge in [0.2, 0.25) is 5.91 Å². The van der Waals surface area contributed by atoms with Gasteiger partial charge in [-0.25, -0.2) is 4.79 Å². The van der Waals surface area contributed by atoms with Gasteiger partial charge in [0.25, 0.3) is 0 Å². The molecule has 0 saturated heterocycles. The highest BCUT2D eigenvalue weighted by molar-refractivity contribution is 6.19. The van der Waals surface area contributed by atoms with Gasteiger partial charge in [0, 0.05) is 19.4 Å². The fraction of sp³-hybridized carbons (Fsp3) is 0.778. The van der Waals surface area contributed by atoms with Crippen molar-refractivity contribution in [3.63, 3.8) is 0 Å². The zero-order valence-corrected chi connectivity index (χ0v) is 9.98. The molecule has 0 aliphatic heterocycles. The lowest BCUT2D eigenvalue weighted by molar-refractivity contribution is -0.119. The second-order valence-electron chi connectivity index (χ2n) is 3.76. The number of nitrogens with one attached hydrogen (secondary N) is 2. The molecule has 0 saturated carbocycles. The van der Waals surface area contributed by atoms with Crippen LogP contribution >= 0.6 is 11.6 Å². The molecule has 0 radical (unpaired) electrons. The Morgan fingerprint density at radius 1 is 1.40 bits per heavy atom. The number of urea groups is 1. The maximum Gasteiger partial charge on any atom is 0.321 e. The highest BCUT2D eigenvalue weighted by Gasteiger charge is 2.20. The Morgan fingerprint density at radius 3 is 2.47 bits per heavy atom. The number of rotatable bonds is 5. The monoisotopic (exact) mass is 236 g/mol. The first kappa shape index (κ1) is 14.2. The lowest BCUT2D eigenvalue weighted by Gasteiger charge is -2.24. The van der Waals surface area contributed by atoms with E-state index in [2.05, 4.69) is 10.6 Å². The van der Waals surface area contributed by atoms with Crippen LogP contribution in [0.3, 0.4) is 0 Å². The summed E-state index contributed by atoms with van der Waals surface area (Å²) in [5.74, 6) is -0.198. The first-order valence-electron chi connectivity index (χ1n) is 4.58. The number of carbonyl (C=O) groups excluding carboxylic acids is 2. The summed E-state index contributed by atoms with van der Waals surface area (Å²) in [6.45, 7) is 3.95. The number of ether oxygens (including phenoxy) is 1. The first-order valence-corrected chi connectivity index (χ1v) is 5.11. The minimum Gasteiger partial charge on any atom is -0.382 e. The molecule has 0 unspecified atom stereocenters. The largest absolute Gasteiger partial charge is 0.382 e. The van der Waals surface area contributed by atoms with E-state index >= 15 is 0 Å². The fourth-order valence-corrected chi connectivity index (χ4v) is 1.18. The van der Waals surface area contributed by atoms with E-state index in [0.717, 1.165) is 0 Å². The average Bonchev–Trinajstić information content (AvgIpc) is 2.01. The molecule has 0 spiro atoms. The van der Waals surface area contributed by atoms with Gasteiger partial charge >= 0.3 is 6.03 Å². The molecule has 0 fully saturated rings. The van der Waals surface area contributed by atoms with Crippen molar-refractivity contribution in [3.8, 4) is 0 Å². The van der Waals surface area contributed by atoms with Gasteiger partial charge in [-0.15, -0.1) is 11.6 Å². The summed E-state index contributed by atoms with van der Waals surface area (Å²) >= 11 is 5.35. The molecular weight excluding hydrogens is 220 g/mol. The Bertz CT molecular complexity index is 231. The topological polar surface area (TPSA) is 67.4 Å². The van der Waals surface area contributed by atoms with Crippen molar-refractivity contribution in [2.75, 3.05) is 19.6 Å². The average molecular weight is 237 g/mol. The molecule has 3 amide bonds. The Balaban J connectivity index is 3.97. The van der Waals surface area contributed by atoms with E-state index in [1.807, 2.05) is 0 Å². The van der Waals surface area contributed by atoms with Crippen molar-refractivity contribution in [2.45, 2.75) is 25.8 Å². The van der Waals surface area contributed by atoms with Crippen LogP contribution in [-0.4, -0.2) is 37.1 Å². The number of alkyl halides is 1. The van der Waals surface area contributed by atoms with Crippen molar-refractivity contribution in [1.29, 1.82) is 0 Å². The Morgan fingerprint density at radius 2 is 2.00 bits per heavy atom. The van der Waals surface area contributed by atoms with Crippen molar-refractivity contribution < 1.29 is 14.3 Å². The zero-order valence-electron chi connectivity index (χ0n) is 9.22. The van der Waals surface area contributed by atoms with Crippen LogP contribution in [0, 0.1) is 0 Å². The van der Waals surface area contributed by atoms with Crippen molar-refractivity contribution in [2.24, 2.45) is 0 Å². The molecule has 0 atom stereocenters. The molecule has 0 aromatic heterocycles. The van der Waals surface area contributed by atoms with E-state index in [1.54, 1.807) is 21.0 Å². The van der Waals surface area contributed by atoms with E-state index in [9.17, 15) is 9.59 Å². The predicted octanol–water partition coefficient (Wildman–Crippen LogP) is 0.866. The summed E-state index contributed by atoms with van der Waals surface area (Å²) in [7, 11) is 1.54. The van der Waals surface area contributed by atoms with Crippen molar-refractivity contribution in [1.82, 2.24) is 10.6 Å². The summed E-state index contributed by atoms with van der Waals surface area (Å²) in [5, 5.41) is 4.77. The number of hydrogen-bond acceptors (Lipinski definition) is 3. The molecule has 0 aliphatic rings. The third-order valence-electron chi connectivity index (χ3n) is 1.53. The van der Waals surface area contributed by atoms with E-state index < -0.39 is 17.5 Å². The molecule has 2 N–H and O–H groups in total. The van der Waals surface area contributed by atoms with Crippen LogP contribution in [0.2, 0.25) is 0 Å². The number of halogens is 1. The minimum atomic E-state index is -0.535. The smallest absolute Gasteiger partial charge is 0.321 e. The van der Waals surface area contributed by atoms with Crippen LogP contribution in [0.15, 0.2) is 0 Å². The SMILES string of the molecule is COCC(C)(C)NC(=O)NC(=O)CCCl. The van der Waals surface area contributed by atoms with Gasteiger partial charge in [0.05, 0.1) is 12.1 Å². The van der Waals surface area contributed by atoms with Gasteiger partial charge in [0.15, 0.2) is 0 Å². The van der Waals surface area contributed by atoms with Gasteiger partial charge in [-0.3, -0.25) is 10.1 Å². The van der Waals surface area contributed by atoms with Gasteiger partial charge in [-0.2, -0.15) is 0 Å². The molecule has 88 valence electrons. The zero-order chi connectivity index (χ0) is 11.9. The van der Waals surface area contributed by atoms with Crippen LogP contribution < -0.4 is 10.6 Å². The Hall–Kier alpha value is -0.810. The number of imide groups is 1. The molecule has 0 heterocycles. The summed E-state index contributed by atoms with van der Waals surface area (Å²) < 4.78 is 4.91. The van der Waals surface area contributed by atoms with Crippen molar-refractivity contribution >= 4 is 23.5 Å². The standard InChI is InChI=1S/C9H17ClN2O3/c1-9(2,6-15-3)12-8(14)11-7(13)4-5-10/h4-6H2,1-3H3,(H2,11,12,13,14). The molecule has 0 aromatic rings. The molecule has 0 rings (SSSR count). The molecule has 5 nitrogen and oxygen atoms in total. The van der Waals surface area contributed by atoms with E-state index in [-0.39, 0.29) is 12.3 Å². The lowest BCUT2D eigenvalue weighted by atomic mass is 10.1. The third kappa shape index (κ3) is 7.16. The van der Waals surface area contributed by atoms with E-state index in [1.165, 1.54) is 0 Å². The van der Waals surface area contributed by atoms with Crippen LogP contribution in [0.5, 0.6) is 0 Å². The maximum atomic E-state index is 11.3. The van der Waals surface area contributed by atoms with Crippen LogP contribution in [0.25, 0.3) is 0 Å². The minimum absolute atomic E-state index is 0.125. The molecule has 0 aliphatic carbocycles. The third-order valence-corrected chi connectivity index (χ3v) is 1.72. The van der Waals surface area contributed by atoms with Crippen LogP contribution in [-0.2, 0) is 9.53 Å². The molecule has 0 aromatic carbocycles. The molecular formula is C9H17ClN2O3. The lowest BCUT2D eigenvalue weighted by Crippen LogP contribution is -2.52. The highest BCUT2D eigenvalue weighted by Crippen LogP contribution is 2.01. The highest BCUT2D eigenvalue weighted by atomic mass is 35.5. The number of carbonyl (C=O) groups is 2. The van der Waals surface area contributed by atoms with E-state index in [4.69, 9.17) is 16.3 Å². The first-order chi connectivity index (χ1) is 6.91. The Kier molecular flexibility index (Phi) is 6.27. The van der Waals surface area contributed by atoms with Gasteiger partial charge < -0.3 is 10.1 Å². The van der Waals surface area contributed by atoms with E-state index in [0.29, 0.717) is 6.61 Å². The summed E-state index contributed by atoms with van der Waals surface area (Å²) in [4.78, 5) is 22.3. The predicted molar refractivity (Wildman–Crippen MR) is 58.0 cm³/mol.